The molecule has 0 aromatic carbocycles. The minimum absolute atomic E-state index is 0.329. The average Bonchev–Trinajstić information content (AvgIpc) is 2.21. The van der Waals surface area contributed by atoms with E-state index in [9.17, 15) is 15.0 Å². The molecule has 1 fully saturated rings. The third-order valence-electron chi connectivity index (χ3n) is 3.96. The molecule has 7 heteroatoms. The molecule has 0 aliphatic heterocycles. The van der Waals surface area contributed by atoms with Crippen LogP contribution in [0.3, 0.4) is 0 Å². The fourth-order valence-corrected chi connectivity index (χ4v) is 2.66. The fourth-order valence-electron chi connectivity index (χ4n) is 2.52. The Labute approximate surface area is 128 Å². The fraction of sp³-hybridized carbons (Fsp3) is 0.917. The van der Waals surface area contributed by atoms with E-state index in [2.05, 4.69) is 5.32 Å². The van der Waals surface area contributed by atoms with Gasteiger partial charge in [0.15, 0.2) is 0 Å². The summed E-state index contributed by atoms with van der Waals surface area (Å²) in [6.45, 7) is 5.23. The predicted octanol–water partition coefficient (Wildman–Crippen LogP) is 2.16. The summed E-state index contributed by atoms with van der Waals surface area (Å²) < 4.78 is -2.10. The Bertz CT molecular complexity index is 357. The van der Waals surface area contributed by atoms with Gasteiger partial charge < -0.3 is 15.5 Å². The van der Waals surface area contributed by atoms with Gasteiger partial charge in [0, 0.05) is 0 Å². The van der Waals surface area contributed by atoms with Crippen molar-refractivity contribution >= 4 is 40.7 Å². The number of amides is 1. The van der Waals surface area contributed by atoms with E-state index in [4.69, 9.17) is 34.8 Å². The van der Waals surface area contributed by atoms with Crippen molar-refractivity contribution in [3.8, 4) is 0 Å². The zero-order valence-electron chi connectivity index (χ0n) is 11.2. The van der Waals surface area contributed by atoms with Crippen LogP contribution in [0.25, 0.3) is 0 Å². The van der Waals surface area contributed by atoms with Crippen LogP contribution >= 0.6 is 34.8 Å². The predicted molar refractivity (Wildman–Crippen MR) is 76.5 cm³/mol. The summed E-state index contributed by atoms with van der Waals surface area (Å²) in [7, 11) is 0. The van der Waals surface area contributed by atoms with Gasteiger partial charge in [-0.25, -0.2) is 0 Å². The summed E-state index contributed by atoms with van der Waals surface area (Å²) in [5.41, 5.74) is -2.54. The first-order chi connectivity index (χ1) is 8.40. The van der Waals surface area contributed by atoms with E-state index in [0.717, 1.165) is 6.42 Å². The molecule has 0 aromatic heterocycles. The molecular formula is C12H20Cl3NO3. The minimum atomic E-state index is -2.10. The second kappa shape index (κ2) is 5.57. The normalized spacial score (nSPS) is 33.1. The zero-order chi connectivity index (χ0) is 15.1. The van der Waals surface area contributed by atoms with Crippen LogP contribution in [0, 0.1) is 5.92 Å². The highest BCUT2D eigenvalue weighted by Gasteiger charge is 2.53. The molecule has 19 heavy (non-hydrogen) atoms. The molecule has 1 aliphatic carbocycles. The average molecular weight is 333 g/mol. The number of alkyl halides is 3. The Morgan fingerprint density at radius 1 is 1.37 bits per heavy atom. The molecule has 1 rings (SSSR count). The van der Waals surface area contributed by atoms with Gasteiger partial charge in [-0.3, -0.25) is 4.79 Å². The van der Waals surface area contributed by atoms with E-state index < -0.39 is 26.9 Å². The van der Waals surface area contributed by atoms with E-state index in [1.807, 2.05) is 6.92 Å². The van der Waals surface area contributed by atoms with Crippen LogP contribution in [-0.2, 0) is 4.79 Å². The minimum Gasteiger partial charge on any atom is -0.390 e. The number of nitrogens with one attached hydrogen (secondary N) is 1. The summed E-state index contributed by atoms with van der Waals surface area (Å²) in [5.74, 6) is -0.489. The Hall–Kier alpha value is 0.260. The first-order valence-corrected chi connectivity index (χ1v) is 7.33. The van der Waals surface area contributed by atoms with Crippen LogP contribution in [0.4, 0.5) is 0 Å². The van der Waals surface area contributed by atoms with Gasteiger partial charge in [0.2, 0.25) is 0 Å². The van der Waals surface area contributed by atoms with Crippen LogP contribution in [-0.4, -0.2) is 37.2 Å². The summed E-state index contributed by atoms with van der Waals surface area (Å²) in [6.07, 6.45) is 0.689. The first kappa shape index (κ1) is 17.3. The van der Waals surface area contributed by atoms with Crippen molar-refractivity contribution in [3.05, 3.63) is 0 Å². The molecule has 0 saturated heterocycles. The molecule has 112 valence electrons. The number of hydrogen-bond acceptors (Lipinski definition) is 3. The van der Waals surface area contributed by atoms with Crippen molar-refractivity contribution in [2.24, 2.45) is 5.92 Å². The lowest BCUT2D eigenvalue weighted by atomic mass is 9.68. The third kappa shape index (κ3) is 3.67. The Morgan fingerprint density at radius 3 is 2.32 bits per heavy atom. The van der Waals surface area contributed by atoms with E-state index >= 15 is 0 Å². The van der Waals surface area contributed by atoms with Gasteiger partial charge in [-0.15, -0.1) is 0 Å². The standard InChI is InChI=1S/C12H20Cl3NO3/c1-7-4-5-11(19,8(17)6-7)10(2,3)16-9(18)12(13,14)15/h7-8,17,19H,4-6H2,1-3H3,(H,16,18)/t7-,8+,11-/m1/s1. The third-order valence-corrected chi connectivity index (χ3v) is 4.48. The van der Waals surface area contributed by atoms with Crippen molar-refractivity contribution in [2.75, 3.05) is 0 Å². The molecule has 0 radical (unpaired) electrons. The van der Waals surface area contributed by atoms with Crippen LogP contribution in [0.2, 0.25) is 0 Å². The largest absolute Gasteiger partial charge is 0.390 e. The topological polar surface area (TPSA) is 69.6 Å². The lowest BCUT2D eigenvalue weighted by molar-refractivity contribution is -0.159. The maximum atomic E-state index is 11.7. The number of aliphatic hydroxyl groups is 2. The van der Waals surface area contributed by atoms with Crippen molar-refractivity contribution in [1.29, 1.82) is 0 Å². The molecular weight excluding hydrogens is 312 g/mol. The number of carbonyl (C=O) groups excluding carboxylic acids is 1. The molecule has 0 heterocycles. The lowest BCUT2D eigenvalue weighted by Crippen LogP contribution is -2.68. The van der Waals surface area contributed by atoms with Crippen molar-refractivity contribution in [1.82, 2.24) is 5.32 Å². The number of carbonyl (C=O) groups is 1. The van der Waals surface area contributed by atoms with Gasteiger partial charge in [0.05, 0.1) is 11.6 Å². The highest BCUT2D eigenvalue weighted by Crippen LogP contribution is 2.40. The van der Waals surface area contributed by atoms with Gasteiger partial charge in [-0.2, -0.15) is 0 Å². The summed E-state index contributed by atoms with van der Waals surface area (Å²) in [5, 5.41) is 23.4. The Morgan fingerprint density at radius 2 is 1.89 bits per heavy atom. The second-order valence-corrected chi connectivity index (χ2v) is 8.18. The quantitative estimate of drug-likeness (QED) is 0.679. The molecule has 1 amide bonds. The van der Waals surface area contributed by atoms with Crippen LogP contribution in [0.15, 0.2) is 0 Å². The Balaban J connectivity index is 2.89. The maximum Gasteiger partial charge on any atom is 0.272 e. The molecule has 0 aromatic rings. The monoisotopic (exact) mass is 331 g/mol. The summed E-state index contributed by atoms with van der Waals surface area (Å²) in [4.78, 5) is 11.7. The summed E-state index contributed by atoms with van der Waals surface area (Å²) in [6, 6.07) is 0. The van der Waals surface area contributed by atoms with Crippen LogP contribution in [0.1, 0.15) is 40.0 Å². The molecule has 1 aliphatic rings. The maximum absolute atomic E-state index is 11.7. The Kier molecular flexibility index (Phi) is 5.07. The van der Waals surface area contributed by atoms with Crippen molar-refractivity contribution in [2.45, 2.75) is 61.1 Å². The smallest absolute Gasteiger partial charge is 0.272 e. The van der Waals surface area contributed by atoms with Crippen molar-refractivity contribution in [3.63, 3.8) is 0 Å². The highest BCUT2D eigenvalue weighted by molar-refractivity contribution is 6.76. The molecule has 3 atom stereocenters. The second-order valence-electron chi connectivity index (χ2n) is 5.90. The van der Waals surface area contributed by atoms with Gasteiger partial charge in [-0.1, -0.05) is 41.7 Å². The van der Waals surface area contributed by atoms with Crippen LogP contribution < -0.4 is 5.32 Å². The van der Waals surface area contributed by atoms with Gasteiger partial charge in [-0.05, 0) is 39.0 Å². The van der Waals surface area contributed by atoms with E-state index in [1.165, 1.54) is 0 Å². The molecule has 1 saturated carbocycles. The number of rotatable bonds is 2. The highest BCUT2D eigenvalue weighted by atomic mass is 35.6. The van der Waals surface area contributed by atoms with E-state index in [1.54, 1.807) is 13.8 Å². The van der Waals surface area contributed by atoms with E-state index in [0.29, 0.717) is 18.8 Å². The lowest BCUT2D eigenvalue weighted by Gasteiger charge is -2.49. The van der Waals surface area contributed by atoms with Gasteiger partial charge in [0.1, 0.15) is 5.60 Å². The van der Waals surface area contributed by atoms with Crippen LogP contribution in [0.5, 0.6) is 0 Å². The van der Waals surface area contributed by atoms with E-state index in [-0.39, 0.29) is 0 Å². The number of halogens is 3. The number of hydrogen-bond donors (Lipinski definition) is 3. The molecule has 0 spiro atoms. The molecule has 0 unspecified atom stereocenters. The first-order valence-electron chi connectivity index (χ1n) is 6.20. The SMILES string of the molecule is C[C@@H]1CC[C@](O)(C(C)(C)NC(=O)C(Cl)(Cl)Cl)[C@@H](O)C1. The van der Waals surface area contributed by atoms with Gasteiger partial charge in [0.25, 0.3) is 9.70 Å². The molecule has 3 N–H and O–H groups in total. The van der Waals surface area contributed by atoms with Crippen molar-refractivity contribution < 1.29 is 15.0 Å². The van der Waals surface area contributed by atoms with Gasteiger partial charge >= 0.3 is 0 Å². The summed E-state index contributed by atoms with van der Waals surface area (Å²) >= 11 is 16.5. The molecule has 0 bridgehead atoms. The molecule has 4 nitrogen and oxygen atoms in total. The number of aliphatic hydroxyl groups excluding tert-OH is 1. The zero-order valence-corrected chi connectivity index (χ0v) is 13.5.